The summed E-state index contributed by atoms with van der Waals surface area (Å²) in [6.07, 6.45) is 0. The fraction of sp³-hybridized carbons (Fsp3) is 0.455. The van der Waals surface area contributed by atoms with E-state index in [1.54, 1.807) is 0 Å². The Morgan fingerprint density at radius 1 is 1.27 bits per heavy atom. The third-order valence-corrected chi connectivity index (χ3v) is 2.29. The van der Waals surface area contributed by atoms with Gasteiger partial charge in [0.15, 0.2) is 0 Å². The predicted octanol–water partition coefficient (Wildman–Crippen LogP) is 2.97. The van der Waals surface area contributed by atoms with Crippen molar-refractivity contribution >= 4 is 24.2 Å². The molecular weight excluding hydrogens is 232 g/mol. The first-order chi connectivity index (χ1) is 7.24. The molecule has 0 aliphatic carbocycles. The smallest absolute Gasteiger partial charge is 0.123 e. The number of benzene rings is 1. The van der Waals surface area contributed by atoms with Crippen LogP contribution in [-0.4, -0.2) is 25.6 Å². The van der Waals surface area contributed by atoms with Gasteiger partial charge in [-0.05, 0) is 24.6 Å². The molecule has 0 N–H and O–H groups in total. The lowest BCUT2D eigenvalue weighted by Gasteiger charge is -2.09. The number of thiol groups is 1. The maximum absolute atomic E-state index is 5.86. The minimum Gasteiger partial charge on any atom is -0.491 e. The van der Waals surface area contributed by atoms with Crippen LogP contribution >= 0.6 is 24.2 Å². The SMILES string of the molecule is Cc1ccc(Cl)cc1OCCOCCS. The average Bonchev–Trinajstić information content (AvgIpc) is 2.23. The molecule has 0 fully saturated rings. The summed E-state index contributed by atoms with van der Waals surface area (Å²) in [6.45, 7) is 3.75. The predicted molar refractivity (Wildman–Crippen MR) is 66.4 cm³/mol. The van der Waals surface area contributed by atoms with Crippen molar-refractivity contribution in [2.24, 2.45) is 0 Å². The van der Waals surface area contributed by atoms with Crippen molar-refractivity contribution in [3.63, 3.8) is 0 Å². The van der Waals surface area contributed by atoms with E-state index in [4.69, 9.17) is 21.1 Å². The van der Waals surface area contributed by atoms with Crippen LogP contribution in [0.25, 0.3) is 0 Å². The quantitative estimate of drug-likeness (QED) is 0.615. The molecule has 0 aliphatic rings. The first kappa shape index (κ1) is 12.7. The molecule has 0 atom stereocenters. The van der Waals surface area contributed by atoms with Crippen LogP contribution in [0.3, 0.4) is 0 Å². The van der Waals surface area contributed by atoms with E-state index in [0.29, 0.717) is 24.8 Å². The number of halogens is 1. The second-order valence-electron chi connectivity index (χ2n) is 3.09. The largest absolute Gasteiger partial charge is 0.491 e. The number of rotatable bonds is 6. The molecule has 4 heteroatoms. The second kappa shape index (κ2) is 6.99. The van der Waals surface area contributed by atoms with Gasteiger partial charge in [-0.2, -0.15) is 12.6 Å². The Labute approximate surface area is 101 Å². The van der Waals surface area contributed by atoms with Crippen LogP contribution < -0.4 is 4.74 Å². The molecule has 0 saturated heterocycles. The molecule has 15 heavy (non-hydrogen) atoms. The normalized spacial score (nSPS) is 10.3. The van der Waals surface area contributed by atoms with E-state index in [1.165, 1.54) is 0 Å². The average molecular weight is 247 g/mol. The van der Waals surface area contributed by atoms with Crippen LogP contribution in [0, 0.1) is 6.92 Å². The molecule has 0 spiro atoms. The summed E-state index contributed by atoms with van der Waals surface area (Å²) in [5.41, 5.74) is 1.08. The fourth-order valence-corrected chi connectivity index (χ4v) is 1.40. The van der Waals surface area contributed by atoms with Crippen LogP contribution in [0.1, 0.15) is 5.56 Å². The molecule has 1 aromatic rings. The molecule has 84 valence electrons. The minimum absolute atomic E-state index is 0.537. The Balaban J connectivity index is 2.33. The zero-order valence-electron chi connectivity index (χ0n) is 8.70. The van der Waals surface area contributed by atoms with E-state index in [2.05, 4.69) is 12.6 Å². The molecule has 0 saturated carbocycles. The molecule has 1 aromatic carbocycles. The van der Waals surface area contributed by atoms with Crippen molar-refractivity contribution in [3.8, 4) is 5.75 Å². The van der Waals surface area contributed by atoms with Gasteiger partial charge in [0.25, 0.3) is 0 Å². The van der Waals surface area contributed by atoms with Crippen LogP contribution in [0.2, 0.25) is 5.02 Å². The van der Waals surface area contributed by atoms with Crippen molar-refractivity contribution in [3.05, 3.63) is 28.8 Å². The first-order valence-electron chi connectivity index (χ1n) is 4.81. The van der Waals surface area contributed by atoms with E-state index in [0.717, 1.165) is 17.1 Å². The van der Waals surface area contributed by atoms with Gasteiger partial charge < -0.3 is 9.47 Å². The maximum atomic E-state index is 5.86. The summed E-state index contributed by atoms with van der Waals surface area (Å²) < 4.78 is 10.8. The van der Waals surface area contributed by atoms with Crippen LogP contribution in [-0.2, 0) is 4.74 Å². The van der Waals surface area contributed by atoms with E-state index < -0.39 is 0 Å². The number of aryl methyl sites for hydroxylation is 1. The molecule has 0 unspecified atom stereocenters. The molecule has 0 radical (unpaired) electrons. The third-order valence-electron chi connectivity index (χ3n) is 1.87. The summed E-state index contributed by atoms with van der Waals surface area (Å²) in [7, 11) is 0. The lowest BCUT2D eigenvalue weighted by atomic mass is 10.2. The molecule has 0 bridgehead atoms. The molecule has 2 nitrogen and oxygen atoms in total. The third kappa shape index (κ3) is 4.78. The number of hydrogen-bond acceptors (Lipinski definition) is 3. The fourth-order valence-electron chi connectivity index (χ4n) is 1.11. The maximum Gasteiger partial charge on any atom is 0.123 e. The summed E-state index contributed by atoms with van der Waals surface area (Å²) in [6, 6.07) is 5.60. The Morgan fingerprint density at radius 2 is 2.07 bits per heavy atom. The number of ether oxygens (including phenoxy) is 2. The van der Waals surface area contributed by atoms with E-state index in [-0.39, 0.29) is 0 Å². The summed E-state index contributed by atoms with van der Waals surface area (Å²) in [4.78, 5) is 0. The standard InChI is InChI=1S/C11H15ClO2S/c1-9-2-3-10(12)8-11(9)14-5-4-13-6-7-15/h2-3,8,15H,4-7H2,1H3. The summed E-state index contributed by atoms with van der Waals surface area (Å²) in [5, 5.41) is 0.687. The Hall–Kier alpha value is -0.380. The van der Waals surface area contributed by atoms with Crippen molar-refractivity contribution in [2.45, 2.75) is 6.92 Å². The van der Waals surface area contributed by atoms with Crippen LogP contribution in [0.5, 0.6) is 5.75 Å². The van der Waals surface area contributed by atoms with Gasteiger partial charge in [-0.3, -0.25) is 0 Å². The van der Waals surface area contributed by atoms with Gasteiger partial charge in [0.2, 0.25) is 0 Å². The zero-order valence-corrected chi connectivity index (χ0v) is 10.4. The van der Waals surface area contributed by atoms with Crippen molar-refractivity contribution in [2.75, 3.05) is 25.6 Å². The van der Waals surface area contributed by atoms with Gasteiger partial charge in [0.1, 0.15) is 12.4 Å². The van der Waals surface area contributed by atoms with E-state index >= 15 is 0 Å². The van der Waals surface area contributed by atoms with Crippen molar-refractivity contribution in [1.29, 1.82) is 0 Å². The van der Waals surface area contributed by atoms with E-state index in [9.17, 15) is 0 Å². The van der Waals surface area contributed by atoms with Gasteiger partial charge >= 0.3 is 0 Å². The van der Waals surface area contributed by atoms with Gasteiger partial charge in [0, 0.05) is 10.8 Å². The van der Waals surface area contributed by atoms with Crippen LogP contribution in [0.4, 0.5) is 0 Å². The highest BCUT2D eigenvalue weighted by Crippen LogP contribution is 2.22. The van der Waals surface area contributed by atoms with Gasteiger partial charge in [-0.15, -0.1) is 0 Å². The number of hydrogen-bond donors (Lipinski definition) is 1. The van der Waals surface area contributed by atoms with Gasteiger partial charge in [-0.1, -0.05) is 17.7 Å². The topological polar surface area (TPSA) is 18.5 Å². The molecule has 0 aromatic heterocycles. The molecule has 0 heterocycles. The molecule has 0 amide bonds. The minimum atomic E-state index is 0.537. The van der Waals surface area contributed by atoms with Crippen molar-refractivity contribution in [1.82, 2.24) is 0 Å². The molecule has 0 aliphatic heterocycles. The second-order valence-corrected chi connectivity index (χ2v) is 3.98. The Kier molecular flexibility index (Phi) is 5.91. The lowest BCUT2D eigenvalue weighted by Crippen LogP contribution is -2.08. The molecule has 1 rings (SSSR count). The van der Waals surface area contributed by atoms with Gasteiger partial charge in [0.05, 0.1) is 13.2 Å². The lowest BCUT2D eigenvalue weighted by molar-refractivity contribution is 0.112. The Morgan fingerprint density at radius 3 is 2.80 bits per heavy atom. The highest BCUT2D eigenvalue weighted by Gasteiger charge is 2.00. The monoisotopic (exact) mass is 246 g/mol. The van der Waals surface area contributed by atoms with E-state index in [1.807, 2.05) is 25.1 Å². The van der Waals surface area contributed by atoms with Gasteiger partial charge in [-0.25, -0.2) is 0 Å². The van der Waals surface area contributed by atoms with Crippen molar-refractivity contribution < 1.29 is 9.47 Å². The summed E-state index contributed by atoms with van der Waals surface area (Å²) in [5.74, 6) is 1.55. The molecular formula is C11H15ClO2S. The Bertz CT molecular complexity index is 305. The first-order valence-corrected chi connectivity index (χ1v) is 5.82. The summed E-state index contributed by atoms with van der Waals surface area (Å²) >= 11 is 9.90. The van der Waals surface area contributed by atoms with Crippen LogP contribution in [0.15, 0.2) is 18.2 Å². The highest BCUT2D eigenvalue weighted by atomic mass is 35.5. The highest BCUT2D eigenvalue weighted by molar-refractivity contribution is 7.80. The zero-order chi connectivity index (χ0) is 11.1.